The summed E-state index contributed by atoms with van der Waals surface area (Å²) in [5.41, 5.74) is 17.4. The van der Waals surface area contributed by atoms with E-state index in [1.165, 1.54) is 100 Å². The van der Waals surface area contributed by atoms with E-state index in [0.29, 0.717) is 15.0 Å². The molecule has 0 atom stereocenters. The SMILES string of the molecule is Cc1ccc(-n2c3c4ccc(C)cc4oc3c3sc4cc5c6c(sc5cc4c32)-c2sc3cc(C)ccc3c2[Si]6(C)C)cc1.Cc1ccc(-n2c3cc(C)ccc3c3oc4c5cc6sc7c(c6cc5sc4c32)S(=O)(=O)C2=C7S(=O)(=O)c3cc(C)ccc32)cc1. The fourth-order valence-electron chi connectivity index (χ4n) is 14.6. The molecule has 0 N–H and O–H groups in total. The average molecular weight is 1290 g/mol. The molecule has 88 heavy (non-hydrogen) atoms. The molecule has 428 valence electrons. The van der Waals surface area contributed by atoms with Crippen LogP contribution in [0.2, 0.25) is 13.1 Å². The Labute approximate surface area is 524 Å². The summed E-state index contributed by atoms with van der Waals surface area (Å²) >= 11 is 8.70. The van der Waals surface area contributed by atoms with Crippen LogP contribution in [0.5, 0.6) is 0 Å². The number of furan rings is 2. The third-order valence-electron chi connectivity index (χ3n) is 18.6. The molecule has 17 aromatic rings. The Bertz CT molecular complexity index is 6420. The van der Waals surface area contributed by atoms with Gasteiger partial charge in [0.25, 0.3) is 0 Å². The van der Waals surface area contributed by atoms with Crippen molar-refractivity contribution in [3.05, 3.63) is 189 Å². The van der Waals surface area contributed by atoms with Crippen molar-refractivity contribution in [2.75, 3.05) is 0 Å². The summed E-state index contributed by atoms with van der Waals surface area (Å²) in [6.45, 7) is 17.6. The number of fused-ring (bicyclic) bond motifs is 27. The van der Waals surface area contributed by atoms with Crippen molar-refractivity contribution in [3.63, 3.8) is 0 Å². The van der Waals surface area contributed by atoms with Crippen LogP contribution in [0.1, 0.15) is 43.8 Å². The second-order valence-corrected chi connectivity index (χ2v) is 38.0. The molecule has 0 fully saturated rings. The number of benzene rings is 8. The van der Waals surface area contributed by atoms with Gasteiger partial charge in [0.1, 0.15) is 34.5 Å². The summed E-state index contributed by atoms with van der Waals surface area (Å²) in [5, 5.41) is 11.2. The van der Waals surface area contributed by atoms with Crippen molar-refractivity contribution in [2.24, 2.45) is 0 Å². The summed E-state index contributed by atoms with van der Waals surface area (Å²) in [6, 6.07) is 51.2. The Balaban J connectivity index is 0.000000128. The van der Waals surface area contributed by atoms with Crippen LogP contribution >= 0.6 is 56.7 Å². The molecule has 3 aliphatic heterocycles. The minimum atomic E-state index is -4.06. The average Bonchev–Trinajstić information content (AvgIpc) is 1.53. The molecule has 8 nitrogen and oxygen atoms in total. The van der Waals surface area contributed by atoms with Crippen LogP contribution in [0, 0.1) is 41.5 Å². The molecule has 9 aromatic heterocycles. The number of hydrogen-bond acceptors (Lipinski definition) is 11. The van der Waals surface area contributed by atoms with E-state index in [9.17, 15) is 16.8 Å². The van der Waals surface area contributed by atoms with Crippen molar-refractivity contribution >= 4 is 220 Å². The van der Waals surface area contributed by atoms with E-state index in [1.54, 1.807) is 46.8 Å². The summed E-state index contributed by atoms with van der Waals surface area (Å²) < 4.78 is 81.8. The van der Waals surface area contributed by atoms with Gasteiger partial charge in [0.05, 0.1) is 35.1 Å². The van der Waals surface area contributed by atoms with E-state index in [-0.39, 0.29) is 25.2 Å². The lowest BCUT2D eigenvalue weighted by Gasteiger charge is -2.18. The number of aryl methyl sites for hydroxylation is 6. The van der Waals surface area contributed by atoms with E-state index in [4.69, 9.17) is 8.83 Å². The molecule has 8 aromatic carbocycles. The van der Waals surface area contributed by atoms with Gasteiger partial charge < -0.3 is 18.0 Å². The fourth-order valence-corrected chi connectivity index (χ4v) is 31.5. The largest absolute Gasteiger partial charge is 0.453 e. The minimum absolute atomic E-state index is 0.0700. The first kappa shape index (κ1) is 52.1. The van der Waals surface area contributed by atoms with E-state index in [1.807, 2.05) is 46.1 Å². The molecule has 0 amide bonds. The topological polar surface area (TPSA) is 104 Å². The Morgan fingerprint density at radius 3 is 1.64 bits per heavy atom. The standard InChI is InChI=1S/C37H27NOS3Si.C35H21NO5S4/c1-18-6-10-21(11-7-18)38-30-22-12-8-19(2)14-26(22)39-32(30)33-31(38)24-16-29-25(17-28(24)40-33)37-35(42-29)34-36(43(37,4)5)23-13-9-20(3)15-27(23)41-34;1-16-4-8-19(9-5-16)36-24-12-17(2)6-10-20(24)29-28(36)31-30(41-29)22-14-26-23(15-25(22)42-31)33-32(43-26)35-34(45(33,39)40)21-11-7-18(3)13-27(21)44(35,37)38/h6-17H,1-5H3;4-15H,1-3H3. The zero-order valence-corrected chi connectivity index (χ0v) is 55.3. The third kappa shape index (κ3) is 6.66. The molecule has 0 saturated carbocycles. The van der Waals surface area contributed by atoms with Crippen LogP contribution < -0.4 is 10.4 Å². The first-order valence-corrected chi connectivity index (χ1v) is 39.1. The van der Waals surface area contributed by atoms with E-state index in [0.717, 1.165) is 70.4 Å². The van der Waals surface area contributed by atoms with Gasteiger partial charge >= 0.3 is 0 Å². The molecule has 0 saturated heterocycles. The van der Waals surface area contributed by atoms with Gasteiger partial charge in [-0.2, -0.15) is 0 Å². The lowest BCUT2D eigenvalue weighted by molar-refractivity contribution is 0.606. The molecule has 3 aliphatic rings. The molecular weight excluding hydrogens is 1240 g/mol. The maximum atomic E-state index is 14.1. The van der Waals surface area contributed by atoms with E-state index < -0.39 is 27.7 Å². The lowest BCUT2D eigenvalue weighted by Crippen LogP contribution is -2.49. The molecule has 0 aliphatic carbocycles. The Morgan fingerprint density at radius 1 is 0.386 bits per heavy atom. The van der Waals surface area contributed by atoms with Crippen LogP contribution in [0.3, 0.4) is 0 Å². The molecule has 16 heteroatoms. The van der Waals surface area contributed by atoms with Gasteiger partial charge in [-0.3, -0.25) is 0 Å². The number of sulfone groups is 2. The summed E-state index contributed by atoms with van der Waals surface area (Å²) in [5.74, 6) is 0. The number of aromatic nitrogens is 2. The molecule has 0 bridgehead atoms. The summed E-state index contributed by atoms with van der Waals surface area (Å²) in [4.78, 5) is 3.37. The van der Waals surface area contributed by atoms with Gasteiger partial charge in [0.15, 0.2) is 16.7 Å². The first-order chi connectivity index (χ1) is 42.3. The van der Waals surface area contributed by atoms with E-state index >= 15 is 0 Å². The molecule has 0 radical (unpaired) electrons. The van der Waals surface area contributed by atoms with Crippen molar-refractivity contribution in [1.29, 1.82) is 0 Å². The van der Waals surface area contributed by atoms with Crippen LogP contribution in [0.25, 0.3) is 146 Å². The highest BCUT2D eigenvalue weighted by Gasteiger charge is 2.51. The lowest BCUT2D eigenvalue weighted by atomic mass is 10.1. The summed E-state index contributed by atoms with van der Waals surface area (Å²) in [7, 11) is -9.92. The Morgan fingerprint density at radius 2 is 0.909 bits per heavy atom. The highest BCUT2D eigenvalue weighted by atomic mass is 32.2. The van der Waals surface area contributed by atoms with Gasteiger partial charge in [0, 0.05) is 77.1 Å². The van der Waals surface area contributed by atoms with Crippen LogP contribution in [-0.4, -0.2) is 34.0 Å². The van der Waals surface area contributed by atoms with Crippen molar-refractivity contribution in [3.8, 4) is 21.1 Å². The molecule has 20 rings (SSSR count). The zero-order valence-electron chi connectivity index (χ0n) is 48.6. The monoisotopic (exact) mass is 1290 g/mol. The zero-order chi connectivity index (χ0) is 59.7. The second kappa shape index (κ2) is 17.3. The smallest absolute Gasteiger partial charge is 0.210 e. The quantitative estimate of drug-likeness (QED) is 0.160. The molecular formula is C72H48N2O6S7Si. The molecule has 0 unspecified atom stereocenters. The predicted octanol–water partition coefficient (Wildman–Crippen LogP) is 20.2. The highest BCUT2D eigenvalue weighted by Crippen LogP contribution is 2.60. The molecule has 0 spiro atoms. The second-order valence-electron chi connectivity index (χ2n) is 24.8. The van der Waals surface area contributed by atoms with E-state index in [2.05, 4.69) is 172 Å². The van der Waals surface area contributed by atoms with Crippen LogP contribution in [0.15, 0.2) is 164 Å². The van der Waals surface area contributed by atoms with Crippen LogP contribution in [-0.2, 0) is 19.7 Å². The Hall–Kier alpha value is -7.90. The van der Waals surface area contributed by atoms with Crippen molar-refractivity contribution < 1.29 is 25.7 Å². The number of thiophene rings is 5. The van der Waals surface area contributed by atoms with Gasteiger partial charge in [0.2, 0.25) is 19.7 Å². The predicted molar refractivity (Wildman–Crippen MR) is 376 cm³/mol. The third-order valence-corrected chi connectivity index (χ3v) is 32.6. The van der Waals surface area contributed by atoms with Gasteiger partial charge in [-0.25, -0.2) is 16.8 Å². The summed E-state index contributed by atoms with van der Waals surface area (Å²) in [6.07, 6.45) is 0. The maximum absolute atomic E-state index is 14.1. The van der Waals surface area contributed by atoms with Gasteiger partial charge in [-0.15, -0.1) is 56.7 Å². The number of rotatable bonds is 2. The van der Waals surface area contributed by atoms with Crippen molar-refractivity contribution in [1.82, 2.24) is 9.13 Å². The Kier molecular flexibility index (Phi) is 10.2. The van der Waals surface area contributed by atoms with Gasteiger partial charge in [-0.1, -0.05) is 84.9 Å². The normalized spacial score (nSPS) is 15.5. The first-order valence-electron chi connectivity index (χ1n) is 29.1. The fraction of sp³-hybridized carbons (Fsp3) is 0.111. The van der Waals surface area contributed by atoms with Gasteiger partial charge in [-0.05, 0) is 170 Å². The highest BCUT2D eigenvalue weighted by molar-refractivity contribution is 8.09. The molecule has 12 heterocycles. The number of hydrogen-bond donors (Lipinski definition) is 0. The minimum Gasteiger partial charge on any atom is -0.453 e. The van der Waals surface area contributed by atoms with Crippen LogP contribution in [0.4, 0.5) is 0 Å². The maximum Gasteiger partial charge on any atom is 0.210 e. The van der Waals surface area contributed by atoms with Crippen molar-refractivity contribution in [2.45, 2.75) is 64.4 Å². The number of nitrogens with zero attached hydrogens (tertiary/aromatic N) is 2.